The van der Waals surface area contributed by atoms with Gasteiger partial charge in [-0.25, -0.2) is 0 Å². The van der Waals surface area contributed by atoms with Crippen molar-refractivity contribution < 1.29 is 13.2 Å². The molecule has 0 aliphatic carbocycles. The summed E-state index contributed by atoms with van der Waals surface area (Å²) in [5, 5.41) is -0.101. The van der Waals surface area contributed by atoms with Crippen LogP contribution in [-0.4, -0.2) is 0 Å². The van der Waals surface area contributed by atoms with Crippen LogP contribution in [0.25, 0.3) is 0 Å². The molecule has 0 bridgehead atoms. The van der Waals surface area contributed by atoms with E-state index in [1.807, 2.05) is 0 Å². The number of nitrogen functional groups attached to an aromatic ring is 1. The Morgan fingerprint density at radius 1 is 1.31 bits per heavy atom. The summed E-state index contributed by atoms with van der Waals surface area (Å²) < 4.78 is 36.9. The Hall–Kier alpha value is -0.420. The predicted octanol–water partition coefficient (Wildman–Crippen LogP) is 3.70. The molecule has 0 aromatic heterocycles. The van der Waals surface area contributed by atoms with Gasteiger partial charge in [0.15, 0.2) is 0 Å². The summed E-state index contributed by atoms with van der Waals surface area (Å²) in [5.74, 6) is 0. The topological polar surface area (TPSA) is 26.0 Å². The van der Waals surface area contributed by atoms with E-state index in [0.717, 1.165) is 0 Å². The molecule has 1 rings (SSSR count). The lowest BCUT2D eigenvalue weighted by molar-refractivity contribution is -0.137. The van der Waals surface area contributed by atoms with Crippen LogP contribution in [0, 0.1) is 0 Å². The molecular formula is C7H4BrClF3N. The first-order valence-electron chi connectivity index (χ1n) is 3.14. The highest BCUT2D eigenvalue weighted by Gasteiger charge is 2.36. The second kappa shape index (κ2) is 3.38. The van der Waals surface area contributed by atoms with Gasteiger partial charge in [0, 0.05) is 4.47 Å². The molecule has 0 unspecified atom stereocenters. The molecule has 6 heteroatoms. The fourth-order valence-corrected chi connectivity index (χ4v) is 1.58. The molecule has 0 radical (unpaired) electrons. The normalized spacial score (nSPS) is 11.8. The molecule has 0 heterocycles. The largest absolute Gasteiger partial charge is 0.419 e. The zero-order valence-corrected chi connectivity index (χ0v) is 8.46. The third-order valence-electron chi connectivity index (χ3n) is 1.42. The summed E-state index contributed by atoms with van der Waals surface area (Å²) in [4.78, 5) is 0. The Kier molecular flexibility index (Phi) is 2.77. The first kappa shape index (κ1) is 10.7. The molecule has 0 fully saturated rings. The van der Waals surface area contributed by atoms with Gasteiger partial charge in [0.2, 0.25) is 0 Å². The van der Waals surface area contributed by atoms with Crippen LogP contribution in [0.1, 0.15) is 5.56 Å². The minimum Gasteiger partial charge on any atom is -0.397 e. The van der Waals surface area contributed by atoms with Crippen molar-refractivity contribution in [3.05, 3.63) is 27.2 Å². The van der Waals surface area contributed by atoms with Crippen LogP contribution in [0.2, 0.25) is 5.02 Å². The van der Waals surface area contributed by atoms with Gasteiger partial charge in [-0.15, -0.1) is 0 Å². The maximum atomic E-state index is 12.3. The zero-order chi connectivity index (χ0) is 10.2. The summed E-state index contributed by atoms with van der Waals surface area (Å²) in [6.07, 6.45) is -4.49. The second-order valence-electron chi connectivity index (χ2n) is 2.32. The summed E-state index contributed by atoms with van der Waals surface area (Å²) in [6.45, 7) is 0. The minimum absolute atomic E-state index is 0.101. The average molecular weight is 274 g/mol. The van der Waals surface area contributed by atoms with E-state index < -0.39 is 17.4 Å². The minimum atomic E-state index is -4.49. The van der Waals surface area contributed by atoms with Crippen LogP contribution >= 0.6 is 27.5 Å². The van der Waals surface area contributed by atoms with E-state index in [9.17, 15) is 13.2 Å². The third-order valence-corrected chi connectivity index (χ3v) is 2.42. The van der Waals surface area contributed by atoms with Gasteiger partial charge in [-0.2, -0.15) is 13.2 Å². The molecule has 0 spiro atoms. The Morgan fingerprint density at radius 2 is 1.85 bits per heavy atom. The maximum absolute atomic E-state index is 12.3. The van der Waals surface area contributed by atoms with Gasteiger partial charge in [0.1, 0.15) is 0 Å². The average Bonchev–Trinajstić information content (AvgIpc) is 1.95. The number of hydrogen-bond acceptors (Lipinski definition) is 1. The number of alkyl halides is 3. The van der Waals surface area contributed by atoms with Crippen molar-refractivity contribution in [2.75, 3.05) is 5.73 Å². The first-order valence-corrected chi connectivity index (χ1v) is 4.32. The van der Waals surface area contributed by atoms with Crippen molar-refractivity contribution >= 4 is 33.2 Å². The van der Waals surface area contributed by atoms with E-state index >= 15 is 0 Å². The monoisotopic (exact) mass is 273 g/mol. The zero-order valence-electron chi connectivity index (χ0n) is 6.12. The number of rotatable bonds is 0. The molecule has 0 aliphatic heterocycles. The van der Waals surface area contributed by atoms with Gasteiger partial charge in [-0.1, -0.05) is 27.5 Å². The molecule has 1 aromatic carbocycles. The van der Waals surface area contributed by atoms with Crippen molar-refractivity contribution in [2.24, 2.45) is 0 Å². The fraction of sp³-hybridized carbons (Fsp3) is 0.143. The van der Waals surface area contributed by atoms with Crippen LogP contribution in [0.3, 0.4) is 0 Å². The maximum Gasteiger partial charge on any atom is 0.419 e. The van der Waals surface area contributed by atoms with Gasteiger partial charge >= 0.3 is 6.18 Å². The molecule has 1 aromatic rings. The van der Waals surface area contributed by atoms with E-state index in [0.29, 0.717) is 0 Å². The van der Waals surface area contributed by atoms with E-state index in [1.165, 1.54) is 12.1 Å². The lowest BCUT2D eigenvalue weighted by atomic mass is 10.2. The Morgan fingerprint density at radius 3 is 2.23 bits per heavy atom. The molecule has 0 atom stereocenters. The number of nitrogens with two attached hydrogens (primary N) is 1. The van der Waals surface area contributed by atoms with Crippen molar-refractivity contribution in [3.8, 4) is 0 Å². The number of halogens is 5. The third kappa shape index (κ3) is 2.08. The van der Waals surface area contributed by atoms with Gasteiger partial charge in [0.05, 0.1) is 16.3 Å². The molecule has 0 aliphatic rings. The highest BCUT2D eigenvalue weighted by Crippen LogP contribution is 2.41. The molecule has 0 saturated carbocycles. The highest BCUT2D eigenvalue weighted by molar-refractivity contribution is 9.10. The summed E-state index contributed by atoms with van der Waals surface area (Å²) in [6, 6.07) is 2.51. The molecular weight excluding hydrogens is 270 g/mol. The summed E-state index contributed by atoms with van der Waals surface area (Å²) in [7, 11) is 0. The number of benzene rings is 1. The lowest BCUT2D eigenvalue weighted by Crippen LogP contribution is -2.10. The standard InChI is InChI=1S/C7H4BrClF3N/c8-3-1-2-4(9)6(13)5(3)7(10,11)12/h1-2H,13H2. The second-order valence-corrected chi connectivity index (χ2v) is 3.58. The fourth-order valence-electron chi connectivity index (χ4n) is 0.856. The number of hydrogen-bond donors (Lipinski definition) is 1. The van der Waals surface area contributed by atoms with Gasteiger partial charge < -0.3 is 5.73 Å². The quantitative estimate of drug-likeness (QED) is 0.717. The van der Waals surface area contributed by atoms with Crippen LogP contribution in [0.4, 0.5) is 18.9 Å². The number of anilines is 1. The summed E-state index contributed by atoms with van der Waals surface area (Å²) in [5.41, 5.74) is 3.80. The van der Waals surface area contributed by atoms with Gasteiger partial charge in [0.25, 0.3) is 0 Å². The smallest absolute Gasteiger partial charge is 0.397 e. The lowest BCUT2D eigenvalue weighted by Gasteiger charge is -2.12. The SMILES string of the molecule is Nc1c(Cl)ccc(Br)c1C(F)(F)F. The van der Waals surface area contributed by atoms with E-state index in [2.05, 4.69) is 15.9 Å². The summed E-state index contributed by atoms with van der Waals surface area (Å²) >= 11 is 8.20. The van der Waals surface area contributed by atoms with Gasteiger partial charge in [-0.3, -0.25) is 0 Å². The van der Waals surface area contributed by atoms with Crippen LogP contribution in [0.15, 0.2) is 16.6 Å². The molecule has 1 nitrogen and oxygen atoms in total. The Balaban J connectivity index is 3.43. The Bertz CT molecular complexity index is 337. The van der Waals surface area contributed by atoms with Crippen molar-refractivity contribution in [3.63, 3.8) is 0 Å². The van der Waals surface area contributed by atoms with E-state index in [1.54, 1.807) is 0 Å². The van der Waals surface area contributed by atoms with Crippen LogP contribution in [0.5, 0.6) is 0 Å². The van der Waals surface area contributed by atoms with Crippen molar-refractivity contribution in [2.45, 2.75) is 6.18 Å². The van der Waals surface area contributed by atoms with Crippen molar-refractivity contribution in [1.29, 1.82) is 0 Å². The van der Waals surface area contributed by atoms with E-state index in [4.69, 9.17) is 17.3 Å². The van der Waals surface area contributed by atoms with E-state index in [-0.39, 0.29) is 9.50 Å². The molecule has 0 saturated heterocycles. The van der Waals surface area contributed by atoms with Crippen molar-refractivity contribution in [1.82, 2.24) is 0 Å². The molecule has 0 amide bonds. The molecule has 13 heavy (non-hydrogen) atoms. The first-order chi connectivity index (χ1) is 5.84. The Labute approximate surface area is 85.8 Å². The molecule has 72 valence electrons. The molecule has 2 N–H and O–H groups in total. The highest BCUT2D eigenvalue weighted by atomic mass is 79.9. The van der Waals surface area contributed by atoms with Gasteiger partial charge in [-0.05, 0) is 12.1 Å². The predicted molar refractivity (Wildman–Crippen MR) is 48.6 cm³/mol. The van der Waals surface area contributed by atoms with Crippen LogP contribution in [-0.2, 0) is 6.18 Å². The van der Waals surface area contributed by atoms with Crippen LogP contribution < -0.4 is 5.73 Å².